The highest BCUT2D eigenvalue weighted by atomic mass is 16.3. The normalized spacial score (nSPS) is 12.4. The van der Waals surface area contributed by atoms with Gasteiger partial charge in [0.15, 0.2) is 0 Å². The van der Waals surface area contributed by atoms with Crippen LogP contribution in [0, 0.1) is 11.3 Å². The van der Waals surface area contributed by atoms with Crippen molar-refractivity contribution in [3.05, 3.63) is 35.4 Å². The van der Waals surface area contributed by atoms with E-state index in [0.29, 0.717) is 11.8 Å². The Kier molecular flexibility index (Phi) is 6.02. The summed E-state index contributed by atoms with van der Waals surface area (Å²) in [5.74, 6) is 0.999. The standard InChI is InChI=1S/C17H28O2/c1-13(2)9-17(11-18,12-19)10-15-5-7-16(8-6-15)14(3)4/h5-8,13-14,18-19H,9-12H2,1-4H3. The van der Waals surface area contributed by atoms with Gasteiger partial charge in [-0.25, -0.2) is 0 Å². The van der Waals surface area contributed by atoms with E-state index >= 15 is 0 Å². The number of aliphatic hydroxyl groups excluding tert-OH is 2. The summed E-state index contributed by atoms with van der Waals surface area (Å²) in [5.41, 5.74) is 2.12. The van der Waals surface area contributed by atoms with Crippen LogP contribution in [-0.2, 0) is 6.42 Å². The smallest absolute Gasteiger partial charge is 0.0512 e. The molecule has 108 valence electrons. The van der Waals surface area contributed by atoms with E-state index in [-0.39, 0.29) is 13.2 Å². The van der Waals surface area contributed by atoms with E-state index < -0.39 is 5.41 Å². The fourth-order valence-electron chi connectivity index (χ4n) is 2.68. The van der Waals surface area contributed by atoms with Gasteiger partial charge in [-0.3, -0.25) is 0 Å². The number of hydrogen-bond acceptors (Lipinski definition) is 2. The van der Waals surface area contributed by atoms with Gasteiger partial charge in [0.1, 0.15) is 0 Å². The van der Waals surface area contributed by atoms with Gasteiger partial charge in [-0.05, 0) is 35.8 Å². The molecule has 1 aromatic carbocycles. The van der Waals surface area contributed by atoms with Gasteiger partial charge >= 0.3 is 0 Å². The fraction of sp³-hybridized carbons (Fsp3) is 0.647. The zero-order chi connectivity index (χ0) is 14.5. The number of aliphatic hydroxyl groups is 2. The van der Waals surface area contributed by atoms with E-state index in [1.54, 1.807) is 0 Å². The summed E-state index contributed by atoms with van der Waals surface area (Å²) in [5, 5.41) is 19.3. The molecule has 1 rings (SSSR count). The van der Waals surface area contributed by atoms with Crippen LogP contribution in [0.4, 0.5) is 0 Å². The van der Waals surface area contributed by atoms with Crippen molar-refractivity contribution in [3.8, 4) is 0 Å². The molecule has 0 fully saturated rings. The molecule has 0 heterocycles. The van der Waals surface area contributed by atoms with Crippen LogP contribution in [0.5, 0.6) is 0 Å². The lowest BCUT2D eigenvalue weighted by molar-refractivity contribution is 0.0369. The molecule has 0 aliphatic heterocycles. The Labute approximate surface area is 117 Å². The van der Waals surface area contributed by atoms with Crippen LogP contribution in [0.1, 0.15) is 51.2 Å². The summed E-state index contributed by atoms with van der Waals surface area (Å²) in [6.07, 6.45) is 1.57. The molecule has 0 aromatic heterocycles. The van der Waals surface area contributed by atoms with Crippen molar-refractivity contribution in [2.75, 3.05) is 13.2 Å². The van der Waals surface area contributed by atoms with Gasteiger partial charge in [-0.2, -0.15) is 0 Å². The Morgan fingerprint density at radius 1 is 0.947 bits per heavy atom. The third kappa shape index (κ3) is 4.63. The van der Waals surface area contributed by atoms with E-state index in [4.69, 9.17) is 0 Å². The molecule has 2 nitrogen and oxygen atoms in total. The zero-order valence-electron chi connectivity index (χ0n) is 12.7. The number of benzene rings is 1. The van der Waals surface area contributed by atoms with Gasteiger partial charge in [0, 0.05) is 5.41 Å². The molecule has 0 aliphatic rings. The van der Waals surface area contributed by atoms with E-state index in [2.05, 4.69) is 52.0 Å². The first-order chi connectivity index (χ1) is 8.92. The average Bonchev–Trinajstić information content (AvgIpc) is 2.38. The monoisotopic (exact) mass is 264 g/mol. The minimum absolute atomic E-state index is 0.0353. The number of hydrogen-bond donors (Lipinski definition) is 2. The van der Waals surface area contributed by atoms with Gasteiger partial charge < -0.3 is 10.2 Å². The Hall–Kier alpha value is -0.860. The van der Waals surface area contributed by atoms with Crippen LogP contribution in [0.15, 0.2) is 24.3 Å². The second-order valence-corrected chi connectivity index (χ2v) is 6.49. The molecule has 0 amide bonds. The largest absolute Gasteiger partial charge is 0.396 e. The molecule has 0 bridgehead atoms. The number of rotatable bonds is 7. The molecule has 0 spiro atoms. The first kappa shape index (κ1) is 16.2. The Morgan fingerprint density at radius 2 is 1.47 bits per heavy atom. The van der Waals surface area contributed by atoms with E-state index in [1.165, 1.54) is 11.1 Å². The maximum absolute atomic E-state index is 9.67. The third-order valence-corrected chi connectivity index (χ3v) is 3.74. The van der Waals surface area contributed by atoms with Gasteiger partial charge in [-0.15, -0.1) is 0 Å². The van der Waals surface area contributed by atoms with Crippen molar-refractivity contribution in [2.24, 2.45) is 11.3 Å². The van der Waals surface area contributed by atoms with Crippen LogP contribution in [0.2, 0.25) is 0 Å². The Morgan fingerprint density at radius 3 is 1.84 bits per heavy atom. The zero-order valence-corrected chi connectivity index (χ0v) is 12.7. The molecule has 0 unspecified atom stereocenters. The van der Waals surface area contributed by atoms with Crippen LogP contribution in [-0.4, -0.2) is 23.4 Å². The highest BCUT2D eigenvalue weighted by molar-refractivity contribution is 5.25. The fourth-order valence-corrected chi connectivity index (χ4v) is 2.68. The molecule has 19 heavy (non-hydrogen) atoms. The average molecular weight is 264 g/mol. The van der Waals surface area contributed by atoms with Gasteiger partial charge in [-0.1, -0.05) is 52.0 Å². The van der Waals surface area contributed by atoms with Crippen LogP contribution in [0.25, 0.3) is 0 Å². The molecule has 2 heteroatoms. The molecular weight excluding hydrogens is 236 g/mol. The van der Waals surface area contributed by atoms with E-state index in [1.807, 2.05) is 0 Å². The van der Waals surface area contributed by atoms with E-state index in [9.17, 15) is 10.2 Å². The van der Waals surface area contributed by atoms with Crippen molar-refractivity contribution in [1.29, 1.82) is 0 Å². The molecule has 2 N–H and O–H groups in total. The van der Waals surface area contributed by atoms with Crippen molar-refractivity contribution < 1.29 is 10.2 Å². The van der Waals surface area contributed by atoms with Crippen molar-refractivity contribution >= 4 is 0 Å². The van der Waals surface area contributed by atoms with Gasteiger partial charge in [0.05, 0.1) is 13.2 Å². The summed E-state index contributed by atoms with van der Waals surface area (Å²) in [7, 11) is 0. The van der Waals surface area contributed by atoms with Crippen LogP contribution in [0.3, 0.4) is 0 Å². The van der Waals surface area contributed by atoms with Crippen LogP contribution < -0.4 is 0 Å². The first-order valence-electron chi connectivity index (χ1n) is 7.23. The lowest BCUT2D eigenvalue weighted by Crippen LogP contribution is -2.34. The second kappa shape index (κ2) is 7.06. The molecule has 0 saturated heterocycles. The topological polar surface area (TPSA) is 40.5 Å². The van der Waals surface area contributed by atoms with Crippen molar-refractivity contribution in [2.45, 2.75) is 46.5 Å². The summed E-state index contributed by atoms with van der Waals surface area (Å²) in [6.45, 7) is 8.68. The predicted molar refractivity (Wildman–Crippen MR) is 80.3 cm³/mol. The molecule has 0 saturated carbocycles. The maximum Gasteiger partial charge on any atom is 0.0512 e. The lowest BCUT2D eigenvalue weighted by Gasteiger charge is -2.31. The minimum Gasteiger partial charge on any atom is -0.396 e. The maximum atomic E-state index is 9.67. The summed E-state index contributed by atoms with van der Waals surface area (Å²) < 4.78 is 0. The Balaban J connectivity index is 2.84. The minimum atomic E-state index is -0.395. The van der Waals surface area contributed by atoms with E-state index in [0.717, 1.165) is 12.8 Å². The quantitative estimate of drug-likeness (QED) is 0.792. The lowest BCUT2D eigenvalue weighted by atomic mass is 9.76. The molecule has 0 radical (unpaired) electrons. The molecular formula is C17H28O2. The second-order valence-electron chi connectivity index (χ2n) is 6.49. The summed E-state index contributed by atoms with van der Waals surface area (Å²) >= 11 is 0. The van der Waals surface area contributed by atoms with Gasteiger partial charge in [0.2, 0.25) is 0 Å². The highest BCUT2D eigenvalue weighted by Crippen LogP contribution is 2.30. The van der Waals surface area contributed by atoms with Crippen molar-refractivity contribution in [1.82, 2.24) is 0 Å². The summed E-state index contributed by atoms with van der Waals surface area (Å²) in [6, 6.07) is 8.54. The first-order valence-corrected chi connectivity index (χ1v) is 7.23. The summed E-state index contributed by atoms with van der Waals surface area (Å²) in [4.78, 5) is 0. The van der Waals surface area contributed by atoms with Crippen molar-refractivity contribution in [3.63, 3.8) is 0 Å². The van der Waals surface area contributed by atoms with Crippen LogP contribution >= 0.6 is 0 Å². The molecule has 0 atom stereocenters. The molecule has 0 aliphatic carbocycles. The SMILES string of the molecule is CC(C)CC(CO)(CO)Cc1ccc(C(C)C)cc1. The van der Waals surface area contributed by atoms with Gasteiger partial charge in [0.25, 0.3) is 0 Å². The highest BCUT2D eigenvalue weighted by Gasteiger charge is 2.30. The molecule has 1 aromatic rings. The third-order valence-electron chi connectivity index (χ3n) is 3.74. The predicted octanol–water partition coefficient (Wildman–Crippen LogP) is 3.37. The Bertz CT molecular complexity index is 361.